The summed E-state index contributed by atoms with van der Waals surface area (Å²) in [5.41, 5.74) is 2.10. The summed E-state index contributed by atoms with van der Waals surface area (Å²) < 4.78 is 0. The van der Waals surface area contributed by atoms with Crippen LogP contribution in [0.15, 0.2) is 24.3 Å². The van der Waals surface area contributed by atoms with E-state index >= 15 is 0 Å². The van der Waals surface area contributed by atoms with Crippen LogP contribution in [0.3, 0.4) is 0 Å². The molecule has 1 fully saturated rings. The molecule has 0 saturated carbocycles. The maximum absolute atomic E-state index is 11.8. The van der Waals surface area contributed by atoms with Crippen molar-refractivity contribution in [2.45, 2.75) is 13.3 Å². The summed E-state index contributed by atoms with van der Waals surface area (Å²) in [5.74, 6) is -1.18. The molecule has 0 aromatic heterocycles. The van der Waals surface area contributed by atoms with Gasteiger partial charge in [-0.25, -0.2) is 0 Å². The Morgan fingerprint density at radius 1 is 1.35 bits per heavy atom. The molecule has 0 spiro atoms. The zero-order valence-corrected chi connectivity index (χ0v) is 9.72. The lowest BCUT2D eigenvalue weighted by molar-refractivity contribution is -0.152. The van der Waals surface area contributed by atoms with Crippen molar-refractivity contribution < 1.29 is 14.7 Å². The normalized spacial score (nSPS) is 15.5. The van der Waals surface area contributed by atoms with Crippen LogP contribution in [0.2, 0.25) is 0 Å². The van der Waals surface area contributed by atoms with Gasteiger partial charge in [0.15, 0.2) is 0 Å². The minimum Gasteiger partial charge on any atom is -0.481 e. The highest BCUT2D eigenvalue weighted by molar-refractivity contribution is 5.82. The predicted octanol–water partition coefficient (Wildman–Crippen LogP) is 1.08. The molecular formula is C13H15NO3. The van der Waals surface area contributed by atoms with E-state index in [4.69, 9.17) is 5.11 Å². The largest absolute Gasteiger partial charge is 0.481 e. The van der Waals surface area contributed by atoms with Gasteiger partial charge in [-0.15, -0.1) is 0 Å². The first kappa shape index (κ1) is 11.6. The third-order valence-electron chi connectivity index (χ3n) is 3.19. The summed E-state index contributed by atoms with van der Waals surface area (Å²) in [6.45, 7) is 2.67. The summed E-state index contributed by atoms with van der Waals surface area (Å²) in [5, 5.41) is 8.73. The van der Waals surface area contributed by atoms with Gasteiger partial charge in [-0.3, -0.25) is 9.59 Å². The first-order chi connectivity index (χ1) is 8.08. The number of hydrogen-bond acceptors (Lipinski definition) is 2. The summed E-state index contributed by atoms with van der Waals surface area (Å²) in [4.78, 5) is 24.1. The SMILES string of the molecule is Cc1ccccc1CC(=O)N1CC(C(=O)O)C1. The van der Waals surface area contributed by atoms with E-state index in [9.17, 15) is 9.59 Å². The Morgan fingerprint density at radius 2 is 2.00 bits per heavy atom. The Bertz CT molecular complexity index is 450. The molecule has 1 aromatic carbocycles. The van der Waals surface area contributed by atoms with Crippen LogP contribution >= 0.6 is 0 Å². The summed E-state index contributed by atoms with van der Waals surface area (Å²) >= 11 is 0. The zero-order chi connectivity index (χ0) is 12.4. The van der Waals surface area contributed by atoms with E-state index < -0.39 is 5.97 Å². The lowest BCUT2D eigenvalue weighted by Gasteiger charge is -2.36. The number of amides is 1. The van der Waals surface area contributed by atoms with E-state index in [2.05, 4.69) is 0 Å². The Kier molecular flexibility index (Phi) is 3.13. The van der Waals surface area contributed by atoms with Crippen LogP contribution in [0.4, 0.5) is 0 Å². The van der Waals surface area contributed by atoms with E-state index in [1.807, 2.05) is 31.2 Å². The van der Waals surface area contributed by atoms with Gasteiger partial charge >= 0.3 is 5.97 Å². The molecule has 1 heterocycles. The van der Waals surface area contributed by atoms with Crippen LogP contribution in [0.5, 0.6) is 0 Å². The van der Waals surface area contributed by atoms with Gasteiger partial charge in [0.05, 0.1) is 12.3 Å². The van der Waals surface area contributed by atoms with Gasteiger partial charge in [-0.2, -0.15) is 0 Å². The third-order valence-corrected chi connectivity index (χ3v) is 3.19. The number of carbonyl (C=O) groups is 2. The number of carboxylic acids is 1. The fraction of sp³-hybridized carbons (Fsp3) is 0.385. The van der Waals surface area contributed by atoms with Gasteiger partial charge in [-0.1, -0.05) is 24.3 Å². The number of benzene rings is 1. The van der Waals surface area contributed by atoms with Crippen LogP contribution in [0.1, 0.15) is 11.1 Å². The van der Waals surface area contributed by atoms with E-state index in [0.29, 0.717) is 19.5 Å². The molecule has 1 saturated heterocycles. The lowest BCUT2D eigenvalue weighted by atomic mass is 9.98. The van der Waals surface area contributed by atoms with E-state index in [-0.39, 0.29) is 11.8 Å². The molecule has 4 heteroatoms. The highest BCUT2D eigenvalue weighted by atomic mass is 16.4. The van der Waals surface area contributed by atoms with Crippen molar-refractivity contribution in [1.29, 1.82) is 0 Å². The minimum absolute atomic E-state index is 0.0109. The number of nitrogens with zero attached hydrogens (tertiary/aromatic N) is 1. The van der Waals surface area contributed by atoms with Crippen molar-refractivity contribution >= 4 is 11.9 Å². The second kappa shape index (κ2) is 4.57. The molecule has 4 nitrogen and oxygen atoms in total. The second-order valence-electron chi connectivity index (χ2n) is 4.44. The summed E-state index contributed by atoms with van der Waals surface area (Å²) in [7, 11) is 0. The highest BCUT2D eigenvalue weighted by Crippen LogP contribution is 2.18. The molecule has 1 aliphatic heterocycles. The predicted molar refractivity (Wildman–Crippen MR) is 62.6 cm³/mol. The second-order valence-corrected chi connectivity index (χ2v) is 4.44. The fourth-order valence-corrected chi connectivity index (χ4v) is 1.92. The summed E-state index contributed by atoms with van der Waals surface area (Å²) in [6, 6.07) is 7.75. The standard InChI is InChI=1S/C13H15NO3/c1-9-4-2-3-5-10(9)6-12(15)14-7-11(8-14)13(16)17/h2-5,11H,6-8H2,1H3,(H,16,17). The zero-order valence-electron chi connectivity index (χ0n) is 9.72. The van der Waals surface area contributed by atoms with Crippen LogP contribution in [-0.2, 0) is 16.0 Å². The van der Waals surface area contributed by atoms with E-state index in [0.717, 1.165) is 11.1 Å². The van der Waals surface area contributed by atoms with Crippen molar-refractivity contribution in [2.75, 3.05) is 13.1 Å². The van der Waals surface area contributed by atoms with Crippen molar-refractivity contribution in [3.63, 3.8) is 0 Å². The molecule has 0 bridgehead atoms. The number of hydrogen-bond donors (Lipinski definition) is 1. The Balaban J connectivity index is 1.91. The van der Waals surface area contributed by atoms with Gasteiger partial charge < -0.3 is 10.0 Å². The van der Waals surface area contributed by atoms with Crippen LogP contribution < -0.4 is 0 Å². The van der Waals surface area contributed by atoms with E-state index in [1.165, 1.54) is 0 Å². The number of rotatable bonds is 3. The molecule has 1 aromatic rings. The number of carboxylic acid groups (broad SMARTS) is 1. The van der Waals surface area contributed by atoms with Crippen LogP contribution in [0.25, 0.3) is 0 Å². The van der Waals surface area contributed by atoms with Crippen molar-refractivity contribution in [3.05, 3.63) is 35.4 Å². The number of carbonyl (C=O) groups excluding carboxylic acids is 1. The maximum atomic E-state index is 11.8. The fourth-order valence-electron chi connectivity index (χ4n) is 1.92. The third kappa shape index (κ3) is 2.46. The molecule has 0 aliphatic carbocycles. The first-order valence-electron chi connectivity index (χ1n) is 5.63. The molecule has 2 rings (SSSR count). The molecule has 0 radical (unpaired) electrons. The molecule has 17 heavy (non-hydrogen) atoms. The highest BCUT2D eigenvalue weighted by Gasteiger charge is 2.35. The number of likely N-dealkylation sites (tertiary alicyclic amines) is 1. The van der Waals surface area contributed by atoms with Crippen LogP contribution in [0, 0.1) is 12.8 Å². The van der Waals surface area contributed by atoms with E-state index in [1.54, 1.807) is 4.90 Å². The van der Waals surface area contributed by atoms with Gasteiger partial charge in [0.25, 0.3) is 0 Å². The first-order valence-corrected chi connectivity index (χ1v) is 5.63. The number of aliphatic carboxylic acids is 1. The average Bonchev–Trinajstić information content (AvgIpc) is 2.18. The average molecular weight is 233 g/mol. The molecule has 1 aliphatic rings. The van der Waals surface area contributed by atoms with Gasteiger partial charge in [0, 0.05) is 13.1 Å². The van der Waals surface area contributed by atoms with Crippen molar-refractivity contribution in [2.24, 2.45) is 5.92 Å². The van der Waals surface area contributed by atoms with Crippen LogP contribution in [-0.4, -0.2) is 35.0 Å². The number of aryl methyl sites for hydroxylation is 1. The Labute approximate surface area is 99.9 Å². The topological polar surface area (TPSA) is 57.6 Å². The molecule has 1 N–H and O–H groups in total. The van der Waals surface area contributed by atoms with Crippen molar-refractivity contribution in [3.8, 4) is 0 Å². The Morgan fingerprint density at radius 3 is 2.59 bits per heavy atom. The minimum atomic E-state index is -0.815. The summed E-state index contributed by atoms with van der Waals surface area (Å²) in [6.07, 6.45) is 0.360. The maximum Gasteiger partial charge on any atom is 0.310 e. The van der Waals surface area contributed by atoms with Gasteiger partial charge in [0.1, 0.15) is 0 Å². The molecule has 90 valence electrons. The smallest absolute Gasteiger partial charge is 0.310 e. The molecular weight excluding hydrogens is 218 g/mol. The van der Waals surface area contributed by atoms with Crippen molar-refractivity contribution in [1.82, 2.24) is 4.90 Å². The van der Waals surface area contributed by atoms with Gasteiger partial charge in [0.2, 0.25) is 5.91 Å². The van der Waals surface area contributed by atoms with Gasteiger partial charge in [-0.05, 0) is 18.1 Å². The molecule has 0 unspecified atom stereocenters. The lowest BCUT2D eigenvalue weighted by Crippen LogP contribution is -2.53. The Hall–Kier alpha value is -1.84. The molecule has 1 amide bonds. The monoisotopic (exact) mass is 233 g/mol. The quantitative estimate of drug-likeness (QED) is 0.850. The molecule has 0 atom stereocenters.